The van der Waals surface area contributed by atoms with Crippen LogP contribution in [0.2, 0.25) is 0 Å². The summed E-state index contributed by atoms with van der Waals surface area (Å²) in [6.07, 6.45) is -1.87. The third kappa shape index (κ3) is 5.30. The number of carboxylic acid groups (broad SMARTS) is 1. The Kier molecular flexibility index (Phi) is 7.83. The molecule has 1 saturated heterocycles. The van der Waals surface area contributed by atoms with E-state index < -0.39 is 57.0 Å². The van der Waals surface area contributed by atoms with Gasteiger partial charge in [0.15, 0.2) is 5.82 Å². The highest BCUT2D eigenvalue weighted by Gasteiger charge is 2.57. The molecule has 1 saturated carbocycles. The zero-order valence-corrected chi connectivity index (χ0v) is 22.5. The number of para-hydroxylation sites is 1. The molecule has 0 spiro atoms. The molecule has 3 aromatic rings. The summed E-state index contributed by atoms with van der Waals surface area (Å²) in [5.41, 5.74) is 4.40. The molecule has 2 fully saturated rings. The van der Waals surface area contributed by atoms with Crippen LogP contribution in [0.25, 0.3) is 5.52 Å². The molecule has 2 aromatic heterocycles. The van der Waals surface area contributed by atoms with Crippen molar-refractivity contribution in [2.24, 2.45) is 5.92 Å². The first-order chi connectivity index (χ1) is 19.1. The minimum atomic E-state index is -4.48. The molecule has 15 heteroatoms. The fourth-order valence-electron chi connectivity index (χ4n) is 4.68. The Morgan fingerprint density at radius 3 is 2.67 bits per heavy atom. The van der Waals surface area contributed by atoms with Gasteiger partial charge in [0.1, 0.15) is 54.2 Å². The maximum absolute atomic E-state index is 14.7. The predicted molar refractivity (Wildman–Crippen MR) is 139 cm³/mol. The summed E-state index contributed by atoms with van der Waals surface area (Å²) in [7, 11) is -4.48. The maximum atomic E-state index is 14.7. The van der Waals surface area contributed by atoms with Gasteiger partial charge in [0.25, 0.3) is 0 Å². The van der Waals surface area contributed by atoms with Gasteiger partial charge in [-0.15, -0.1) is 0 Å². The molecular formula is C25H31FN5O8P. The number of nitrogen functional groups attached to an aromatic ring is 1. The van der Waals surface area contributed by atoms with Crippen molar-refractivity contribution in [3.05, 3.63) is 54.5 Å². The number of aliphatic hydroxyl groups is 2. The van der Waals surface area contributed by atoms with Gasteiger partial charge in [-0.3, -0.25) is 9.32 Å². The quantitative estimate of drug-likeness (QED) is 0.230. The number of carbonyl (C=O) groups is 1. The van der Waals surface area contributed by atoms with Crippen LogP contribution in [0.1, 0.15) is 31.6 Å². The molecular weight excluding hydrogens is 548 g/mol. The molecule has 0 radical (unpaired) electrons. The normalized spacial score (nSPS) is 27.1. The molecule has 6 atom stereocenters. The SMILES string of the molecule is C[C@@H](C(=O)O)N(CC1CC1)P(=O)(OC[C@@]1(CF)O[C@@H](c2ccc3c(N)ncnn23)[C@H](O)[C@@H]1O)Oc1ccccc1. The van der Waals surface area contributed by atoms with E-state index in [0.717, 1.165) is 17.5 Å². The molecule has 1 unspecified atom stereocenters. The maximum Gasteiger partial charge on any atom is 0.462 e. The number of nitrogens with two attached hydrogens (primary N) is 1. The van der Waals surface area contributed by atoms with Crippen LogP contribution >= 0.6 is 7.75 Å². The number of ether oxygens (including phenoxy) is 1. The van der Waals surface area contributed by atoms with Crippen molar-refractivity contribution >= 4 is 25.1 Å². The number of hydrogen-bond donors (Lipinski definition) is 4. The number of aliphatic hydroxyl groups excluding tert-OH is 2. The second-order valence-corrected chi connectivity index (χ2v) is 12.0. The van der Waals surface area contributed by atoms with Crippen LogP contribution < -0.4 is 10.3 Å². The van der Waals surface area contributed by atoms with Crippen LogP contribution in [0.15, 0.2) is 48.8 Å². The number of anilines is 1. The first kappa shape index (κ1) is 28.4. The molecule has 1 aliphatic carbocycles. The molecule has 5 N–H and O–H groups in total. The van der Waals surface area contributed by atoms with Gasteiger partial charge in [0, 0.05) is 6.54 Å². The number of alkyl halides is 1. The standard InChI is InChI=1S/C25H31FN5O8P/c1-15(24(34)35)30(11-16-7-8-16)40(36,39-17-5-3-2-4-6-17)37-13-25(12-26)22(33)20(32)21(38-25)18-9-10-19-23(27)28-14-29-31(18)19/h2-6,9-10,14-16,20-22,32-33H,7-8,11-13H2,1H3,(H,34,35)(H2,27,28,29)/t15-,20-,21-,22-,25+,40?/m0/s1. The second-order valence-electron chi connectivity index (χ2n) is 10.1. The minimum Gasteiger partial charge on any atom is -0.480 e. The second kappa shape index (κ2) is 11.0. The lowest BCUT2D eigenvalue weighted by atomic mass is 9.96. The van der Waals surface area contributed by atoms with E-state index in [4.69, 9.17) is 19.5 Å². The average molecular weight is 580 g/mol. The molecule has 2 aliphatic rings. The molecule has 1 aliphatic heterocycles. The van der Waals surface area contributed by atoms with Crippen molar-refractivity contribution in [3.8, 4) is 5.75 Å². The van der Waals surface area contributed by atoms with Crippen molar-refractivity contribution in [1.82, 2.24) is 19.3 Å². The third-order valence-electron chi connectivity index (χ3n) is 7.26. The van der Waals surface area contributed by atoms with Crippen molar-refractivity contribution in [2.45, 2.75) is 49.7 Å². The lowest BCUT2D eigenvalue weighted by Gasteiger charge is -2.36. The van der Waals surface area contributed by atoms with Crippen LogP contribution in [-0.2, 0) is 18.6 Å². The Labute approximate surface area is 228 Å². The van der Waals surface area contributed by atoms with Crippen molar-refractivity contribution in [3.63, 3.8) is 0 Å². The highest BCUT2D eigenvalue weighted by molar-refractivity contribution is 7.51. The molecule has 40 heavy (non-hydrogen) atoms. The lowest BCUT2D eigenvalue weighted by Crippen LogP contribution is -2.49. The van der Waals surface area contributed by atoms with E-state index in [1.54, 1.807) is 30.3 Å². The Bertz CT molecular complexity index is 1410. The molecule has 216 valence electrons. The van der Waals surface area contributed by atoms with Gasteiger partial charge in [-0.05, 0) is 49.9 Å². The van der Waals surface area contributed by atoms with E-state index in [1.165, 1.54) is 29.9 Å². The molecule has 1 aromatic carbocycles. The molecule has 3 heterocycles. The number of hydrogen-bond acceptors (Lipinski definition) is 10. The van der Waals surface area contributed by atoms with E-state index in [0.29, 0.717) is 5.52 Å². The van der Waals surface area contributed by atoms with Gasteiger partial charge in [0.05, 0.1) is 12.3 Å². The molecule has 5 rings (SSSR count). The zero-order valence-electron chi connectivity index (χ0n) is 21.6. The average Bonchev–Trinajstić information content (AvgIpc) is 3.61. The topological polar surface area (TPSA) is 182 Å². The molecule has 13 nitrogen and oxygen atoms in total. The summed E-state index contributed by atoms with van der Waals surface area (Å²) in [4.78, 5) is 15.9. The van der Waals surface area contributed by atoms with Crippen molar-refractivity contribution in [2.75, 3.05) is 25.6 Å². The fourth-order valence-corrected chi connectivity index (χ4v) is 6.71. The highest BCUT2D eigenvalue weighted by Crippen LogP contribution is 2.56. The van der Waals surface area contributed by atoms with Crippen molar-refractivity contribution < 1.29 is 42.9 Å². The highest BCUT2D eigenvalue weighted by atomic mass is 31.2. The van der Waals surface area contributed by atoms with Gasteiger partial charge in [-0.1, -0.05) is 18.2 Å². The van der Waals surface area contributed by atoms with Crippen LogP contribution in [0.5, 0.6) is 5.75 Å². The number of benzene rings is 1. The van der Waals surface area contributed by atoms with Crippen LogP contribution in [0.3, 0.4) is 0 Å². The van der Waals surface area contributed by atoms with Gasteiger partial charge >= 0.3 is 13.7 Å². The Balaban J connectivity index is 1.46. The van der Waals surface area contributed by atoms with Crippen LogP contribution in [0, 0.1) is 5.92 Å². The van der Waals surface area contributed by atoms with Gasteiger partial charge in [0.2, 0.25) is 0 Å². The number of fused-ring (bicyclic) bond motifs is 1. The van der Waals surface area contributed by atoms with E-state index in [9.17, 15) is 29.1 Å². The lowest BCUT2D eigenvalue weighted by molar-refractivity contribution is -0.141. The number of aliphatic carboxylic acids is 1. The van der Waals surface area contributed by atoms with E-state index >= 15 is 0 Å². The first-order valence-electron chi connectivity index (χ1n) is 12.8. The summed E-state index contributed by atoms with van der Waals surface area (Å²) in [6.45, 7) is -0.695. The van der Waals surface area contributed by atoms with E-state index in [2.05, 4.69) is 10.1 Å². The van der Waals surface area contributed by atoms with Crippen LogP contribution in [-0.4, -0.2) is 84.2 Å². The number of nitrogens with zero attached hydrogens (tertiary/aromatic N) is 4. The number of rotatable bonds is 12. The number of halogens is 1. The van der Waals surface area contributed by atoms with Crippen molar-refractivity contribution in [1.29, 1.82) is 0 Å². The summed E-state index contributed by atoms with van der Waals surface area (Å²) in [6, 6.07) is 9.89. The van der Waals surface area contributed by atoms with E-state index in [1.807, 2.05) is 0 Å². The van der Waals surface area contributed by atoms with Gasteiger partial charge in [-0.25, -0.2) is 18.5 Å². The Morgan fingerprint density at radius 1 is 1.30 bits per heavy atom. The van der Waals surface area contributed by atoms with Crippen LogP contribution in [0.4, 0.5) is 10.2 Å². The summed E-state index contributed by atoms with van der Waals surface area (Å²) >= 11 is 0. The summed E-state index contributed by atoms with van der Waals surface area (Å²) in [5.74, 6) is -0.863. The fraction of sp³-hybridized carbons (Fsp3) is 0.480. The predicted octanol–water partition coefficient (Wildman–Crippen LogP) is 2.20. The molecule has 0 amide bonds. The van der Waals surface area contributed by atoms with E-state index in [-0.39, 0.29) is 29.7 Å². The number of carboxylic acids is 1. The van der Waals surface area contributed by atoms with Gasteiger partial charge < -0.3 is 30.3 Å². The molecule has 0 bridgehead atoms. The summed E-state index contributed by atoms with van der Waals surface area (Å²) in [5, 5.41) is 35.8. The van der Waals surface area contributed by atoms with Gasteiger partial charge in [-0.2, -0.15) is 9.77 Å². The first-order valence-corrected chi connectivity index (χ1v) is 14.3. The number of aromatic nitrogens is 3. The third-order valence-corrected chi connectivity index (χ3v) is 9.30. The Hall–Kier alpha value is -3.13. The monoisotopic (exact) mass is 579 g/mol. The zero-order chi connectivity index (χ0) is 28.7. The largest absolute Gasteiger partial charge is 0.480 e. The Morgan fingerprint density at radius 2 is 2.02 bits per heavy atom. The summed E-state index contributed by atoms with van der Waals surface area (Å²) < 4.78 is 49.0. The minimum absolute atomic E-state index is 0.0878. The smallest absolute Gasteiger partial charge is 0.462 e.